The van der Waals surface area contributed by atoms with Crippen LogP contribution in [0.15, 0.2) is 35.6 Å². The Morgan fingerprint density at radius 2 is 2.20 bits per heavy atom. The molecule has 5 rings (SSSR count). The molecule has 0 amide bonds. The van der Waals surface area contributed by atoms with Crippen LogP contribution < -0.4 is 10.9 Å². The minimum absolute atomic E-state index is 0.0437. The molecule has 0 fully saturated rings. The Kier molecular flexibility index (Phi) is 3.05. The van der Waals surface area contributed by atoms with E-state index in [0.29, 0.717) is 6.54 Å². The third kappa shape index (κ3) is 2.05. The fraction of sp³-hybridized carbons (Fsp3) is 0.278. The van der Waals surface area contributed by atoms with Crippen molar-refractivity contribution in [3.8, 4) is 0 Å². The van der Waals surface area contributed by atoms with Crippen molar-refractivity contribution in [3.05, 3.63) is 58.0 Å². The molecule has 1 aliphatic rings. The third-order valence-corrected chi connectivity index (χ3v) is 5.17. The van der Waals surface area contributed by atoms with Crippen molar-refractivity contribution in [1.29, 1.82) is 0 Å². The summed E-state index contributed by atoms with van der Waals surface area (Å²) in [5.74, 6) is 0. The van der Waals surface area contributed by atoms with Crippen molar-refractivity contribution < 1.29 is 0 Å². The van der Waals surface area contributed by atoms with Crippen molar-refractivity contribution >= 4 is 21.8 Å². The highest BCUT2D eigenvalue weighted by atomic mass is 16.1. The lowest BCUT2D eigenvalue weighted by Crippen LogP contribution is -2.25. The molecule has 0 spiro atoms. The average molecular weight is 334 g/mol. The number of hydrogen-bond acceptors (Lipinski definition) is 4. The topological polar surface area (TPSA) is 80.5 Å². The van der Waals surface area contributed by atoms with Gasteiger partial charge >= 0.3 is 0 Å². The second kappa shape index (κ2) is 5.29. The number of aryl methyl sites for hydroxylation is 1. The van der Waals surface area contributed by atoms with Gasteiger partial charge in [0.2, 0.25) is 0 Å². The van der Waals surface area contributed by atoms with Gasteiger partial charge in [0.05, 0.1) is 24.5 Å². The zero-order valence-electron chi connectivity index (χ0n) is 13.9. The minimum atomic E-state index is -0.0437. The molecule has 126 valence electrons. The van der Waals surface area contributed by atoms with Gasteiger partial charge < -0.3 is 14.9 Å². The van der Waals surface area contributed by atoms with Gasteiger partial charge in [0.15, 0.2) is 0 Å². The lowest BCUT2D eigenvalue weighted by Gasteiger charge is -2.14. The average Bonchev–Trinajstić information content (AvgIpc) is 3.18. The first-order valence-corrected chi connectivity index (χ1v) is 8.41. The monoisotopic (exact) mass is 334 g/mol. The highest BCUT2D eigenvalue weighted by Crippen LogP contribution is 2.25. The van der Waals surface area contributed by atoms with E-state index in [-0.39, 0.29) is 5.56 Å². The van der Waals surface area contributed by atoms with Crippen LogP contribution in [-0.4, -0.2) is 30.9 Å². The largest absolute Gasteiger partial charge is 0.360 e. The van der Waals surface area contributed by atoms with Gasteiger partial charge in [0.1, 0.15) is 5.52 Å². The Morgan fingerprint density at radius 1 is 1.28 bits per heavy atom. The van der Waals surface area contributed by atoms with Crippen molar-refractivity contribution in [2.24, 2.45) is 7.05 Å². The van der Waals surface area contributed by atoms with Gasteiger partial charge in [-0.2, -0.15) is 5.10 Å². The van der Waals surface area contributed by atoms with Gasteiger partial charge in [0.25, 0.3) is 5.56 Å². The van der Waals surface area contributed by atoms with Gasteiger partial charge in [-0.1, -0.05) is 0 Å². The van der Waals surface area contributed by atoms with Crippen LogP contribution in [0.1, 0.15) is 16.8 Å². The van der Waals surface area contributed by atoms with Gasteiger partial charge in [0, 0.05) is 42.5 Å². The maximum atomic E-state index is 13.1. The number of H-pyrrole nitrogens is 1. The van der Waals surface area contributed by atoms with Crippen LogP contribution in [0.2, 0.25) is 0 Å². The fourth-order valence-electron chi connectivity index (χ4n) is 3.88. The van der Waals surface area contributed by atoms with Crippen molar-refractivity contribution in [2.75, 3.05) is 6.54 Å². The molecule has 0 saturated carbocycles. The molecule has 7 nitrogen and oxygen atoms in total. The number of rotatable bonds is 2. The number of nitrogens with zero attached hydrogens (tertiary/aromatic N) is 4. The molecule has 5 heterocycles. The lowest BCUT2D eigenvalue weighted by molar-refractivity contribution is 0.612. The van der Waals surface area contributed by atoms with E-state index in [1.165, 1.54) is 11.3 Å². The lowest BCUT2D eigenvalue weighted by atomic mass is 10.1. The molecule has 4 aromatic heterocycles. The molecule has 7 heteroatoms. The molecule has 25 heavy (non-hydrogen) atoms. The van der Waals surface area contributed by atoms with E-state index in [0.717, 1.165) is 46.9 Å². The summed E-state index contributed by atoms with van der Waals surface area (Å²) in [7, 11) is 1.97. The number of aromatic amines is 1. The summed E-state index contributed by atoms with van der Waals surface area (Å²) in [5.41, 5.74) is 5.14. The Morgan fingerprint density at radius 3 is 3.12 bits per heavy atom. The smallest absolute Gasteiger partial charge is 0.291 e. The number of aromatic nitrogens is 5. The van der Waals surface area contributed by atoms with E-state index in [4.69, 9.17) is 0 Å². The van der Waals surface area contributed by atoms with E-state index in [1.54, 1.807) is 17.1 Å². The first-order valence-electron chi connectivity index (χ1n) is 8.41. The van der Waals surface area contributed by atoms with Crippen molar-refractivity contribution in [3.63, 3.8) is 0 Å². The minimum Gasteiger partial charge on any atom is -0.360 e. The van der Waals surface area contributed by atoms with Crippen LogP contribution in [0.4, 0.5) is 0 Å². The van der Waals surface area contributed by atoms with E-state index in [9.17, 15) is 4.79 Å². The zero-order valence-corrected chi connectivity index (χ0v) is 13.9. The van der Waals surface area contributed by atoms with Crippen LogP contribution in [0, 0.1) is 0 Å². The van der Waals surface area contributed by atoms with Crippen LogP contribution in [0.5, 0.6) is 0 Å². The third-order valence-electron chi connectivity index (χ3n) is 5.17. The summed E-state index contributed by atoms with van der Waals surface area (Å²) in [4.78, 5) is 20.4. The fourth-order valence-corrected chi connectivity index (χ4v) is 3.88. The Hall–Kier alpha value is -2.93. The normalized spacial score (nSPS) is 14.3. The van der Waals surface area contributed by atoms with Crippen LogP contribution >= 0.6 is 0 Å². The highest BCUT2D eigenvalue weighted by molar-refractivity contribution is 5.84. The highest BCUT2D eigenvalue weighted by Gasteiger charge is 2.21. The second-order valence-corrected chi connectivity index (χ2v) is 6.52. The predicted octanol–water partition coefficient (Wildman–Crippen LogP) is 1.31. The predicted molar refractivity (Wildman–Crippen MR) is 95.6 cm³/mol. The number of nitrogens with one attached hydrogen (secondary N) is 2. The van der Waals surface area contributed by atoms with Gasteiger partial charge in [-0.15, -0.1) is 0 Å². The molecule has 0 aliphatic carbocycles. The van der Waals surface area contributed by atoms with E-state index in [1.807, 2.05) is 30.1 Å². The molecule has 0 saturated heterocycles. The molecule has 2 N–H and O–H groups in total. The summed E-state index contributed by atoms with van der Waals surface area (Å²) in [6, 6.07) is 1.96. The maximum absolute atomic E-state index is 13.1. The van der Waals surface area contributed by atoms with Crippen molar-refractivity contribution in [2.45, 2.75) is 19.5 Å². The SMILES string of the molecule is Cn1c2c(c3cnn(Cc4c[nH]c5cnccc45)c(=O)c31)CCNC2. The second-order valence-electron chi connectivity index (χ2n) is 6.52. The number of fused-ring (bicyclic) bond motifs is 4. The summed E-state index contributed by atoms with van der Waals surface area (Å²) < 4.78 is 3.57. The Bertz CT molecular complexity index is 1170. The van der Waals surface area contributed by atoms with Crippen LogP contribution in [-0.2, 0) is 26.6 Å². The quantitative estimate of drug-likeness (QED) is 0.579. The molecule has 4 aromatic rings. The van der Waals surface area contributed by atoms with E-state index in [2.05, 4.69) is 20.4 Å². The molecule has 0 unspecified atom stereocenters. The molecule has 0 aromatic carbocycles. The van der Waals surface area contributed by atoms with Crippen LogP contribution in [0.25, 0.3) is 21.8 Å². The van der Waals surface area contributed by atoms with E-state index < -0.39 is 0 Å². The summed E-state index contributed by atoms with van der Waals surface area (Å²) in [6.07, 6.45) is 8.25. The molecule has 0 bridgehead atoms. The molecule has 1 aliphatic heterocycles. The standard InChI is InChI=1S/C18H18N6O/c1-23-16-9-20-5-3-13(16)14-7-22-24(18(25)17(14)23)10-11-6-21-15-8-19-4-2-12(11)15/h2,4,6-8,20-21H,3,5,9-10H2,1H3. The molecular weight excluding hydrogens is 316 g/mol. The number of hydrogen-bond donors (Lipinski definition) is 2. The van der Waals surface area contributed by atoms with Crippen LogP contribution in [0.3, 0.4) is 0 Å². The first-order chi connectivity index (χ1) is 12.2. The van der Waals surface area contributed by atoms with Gasteiger partial charge in [-0.05, 0) is 30.2 Å². The number of pyridine rings is 1. The van der Waals surface area contributed by atoms with Gasteiger partial charge in [-0.3, -0.25) is 9.78 Å². The Labute approximate surface area is 143 Å². The molecule has 0 radical (unpaired) electrons. The summed E-state index contributed by atoms with van der Waals surface area (Å²) in [5, 5.41) is 9.88. The maximum Gasteiger partial charge on any atom is 0.291 e. The Balaban J connectivity index is 1.66. The molecular formula is C18H18N6O. The zero-order chi connectivity index (χ0) is 17.0. The van der Waals surface area contributed by atoms with E-state index >= 15 is 0 Å². The first kappa shape index (κ1) is 14.4. The summed E-state index contributed by atoms with van der Waals surface area (Å²) in [6.45, 7) is 2.18. The van der Waals surface area contributed by atoms with Gasteiger partial charge in [-0.25, -0.2) is 4.68 Å². The summed E-state index contributed by atoms with van der Waals surface area (Å²) >= 11 is 0. The van der Waals surface area contributed by atoms with Crippen molar-refractivity contribution in [1.82, 2.24) is 29.6 Å². The molecule has 0 atom stereocenters.